The maximum Gasteiger partial charge on any atom is 0.289 e. The predicted octanol–water partition coefficient (Wildman–Crippen LogP) is 11.5. The first-order valence-electron chi connectivity index (χ1n) is 30.3. The van der Waals surface area contributed by atoms with Gasteiger partial charge in [0.2, 0.25) is 0 Å². The summed E-state index contributed by atoms with van der Waals surface area (Å²) in [5.74, 6) is -2.72. The zero-order valence-corrected chi connectivity index (χ0v) is 27.1. The van der Waals surface area contributed by atoms with Crippen LogP contribution in [0.3, 0.4) is 0 Å². The monoisotopic (exact) mass is 721 g/mol. The molecule has 0 atom stereocenters. The first-order chi connectivity index (χ1) is 38.4. The minimum absolute atomic E-state index is 0.246. The maximum absolute atomic E-state index is 10.2. The lowest BCUT2D eigenvalue weighted by atomic mass is 9.57. The van der Waals surface area contributed by atoms with Crippen LogP contribution in [0.25, 0.3) is 77.2 Å². The molecule has 0 radical (unpaired) electrons. The van der Waals surface area contributed by atoms with Crippen LogP contribution in [0.4, 0.5) is 0 Å². The average Bonchev–Trinajstić information content (AvgIpc) is 1.61. The first kappa shape index (κ1) is 12.9. The fourth-order valence-corrected chi connectivity index (χ4v) is 8.13. The molecule has 0 fully saturated rings. The van der Waals surface area contributed by atoms with Gasteiger partial charge in [-0.1, -0.05) is 109 Å². The van der Waals surface area contributed by atoms with E-state index >= 15 is 0 Å². The molecule has 0 aliphatic carbocycles. The number of fused-ring (bicyclic) bond motifs is 10. The number of benzene rings is 8. The number of ether oxygens (including phenoxy) is 1. The highest BCUT2D eigenvalue weighted by Gasteiger charge is 2.39. The van der Waals surface area contributed by atoms with Crippen molar-refractivity contribution < 1.29 is 44.5 Å². The van der Waals surface area contributed by atoms with Gasteiger partial charge in [0.1, 0.15) is 11.5 Å². The molecular formula is C48H29BN2OS. The molecule has 0 amide bonds. The van der Waals surface area contributed by atoms with E-state index < -0.39 is 270 Å². The third-order valence-electron chi connectivity index (χ3n) is 9.04. The molecule has 0 bridgehead atoms. The van der Waals surface area contributed by atoms with Gasteiger partial charge < -0.3 is 13.9 Å². The van der Waals surface area contributed by atoms with Crippen LogP contribution in [0, 0.1) is 0 Å². The van der Waals surface area contributed by atoms with Crippen LogP contribution >= 0.6 is 11.6 Å². The smallest absolute Gasteiger partial charge is 0.289 e. The Morgan fingerprint density at radius 1 is 0.453 bits per heavy atom. The summed E-state index contributed by atoms with van der Waals surface area (Å²) in [6, 6.07) is -24.7. The van der Waals surface area contributed by atoms with Crippen molar-refractivity contribution in [1.29, 1.82) is 0 Å². The van der Waals surface area contributed by atoms with E-state index in [2.05, 4.69) is 0 Å². The van der Waals surface area contributed by atoms with Gasteiger partial charge in [0.15, 0.2) is 0 Å². The summed E-state index contributed by atoms with van der Waals surface area (Å²) in [5, 5.41) is -1.82. The Bertz CT molecular complexity index is 4670. The molecule has 0 spiro atoms. The zero-order valence-electron chi connectivity index (χ0n) is 55.3. The first-order valence-corrected chi connectivity index (χ1v) is 16.6. The molecule has 246 valence electrons. The van der Waals surface area contributed by atoms with Crippen molar-refractivity contribution >= 4 is 72.1 Å². The van der Waals surface area contributed by atoms with Gasteiger partial charge in [-0.05, 0) is 99.6 Å². The van der Waals surface area contributed by atoms with Crippen LogP contribution in [0.2, 0.25) is 0 Å². The van der Waals surface area contributed by atoms with Crippen molar-refractivity contribution in [2.75, 3.05) is 0 Å². The van der Waals surface area contributed by atoms with Gasteiger partial charge in [-0.25, -0.2) is 0 Å². The molecule has 2 aliphatic heterocycles. The van der Waals surface area contributed by atoms with Gasteiger partial charge in [0, 0.05) is 37.8 Å². The lowest BCUT2D eigenvalue weighted by Crippen LogP contribution is -2.46. The Hall–Kier alpha value is -6.43. The molecular weight excluding hydrogens is 663 g/mol. The molecule has 0 unspecified atom stereocenters. The van der Waals surface area contributed by atoms with Crippen LogP contribution in [-0.2, 0) is 0 Å². The molecule has 3 nitrogen and oxygen atoms in total. The Morgan fingerprint density at radius 3 is 1.66 bits per heavy atom. The molecule has 8 aromatic carbocycles. The lowest BCUT2D eigenvalue weighted by molar-refractivity contribution is 0.488. The zero-order chi connectivity index (χ0) is 59.9. The van der Waals surface area contributed by atoms with Crippen LogP contribution < -0.4 is 15.7 Å². The molecule has 0 saturated carbocycles. The van der Waals surface area contributed by atoms with E-state index in [9.17, 15) is 12.3 Å². The largest absolute Gasteiger partial charge is 0.458 e. The molecule has 2 aliphatic rings. The molecule has 5 heteroatoms. The molecule has 2 aromatic heterocycles. The summed E-state index contributed by atoms with van der Waals surface area (Å²) in [6.45, 7) is 0. The van der Waals surface area contributed by atoms with Gasteiger partial charge in [0.25, 0.3) is 5.99 Å². The molecule has 4 heterocycles. The fourth-order valence-electron chi connectivity index (χ4n) is 6.84. The maximum atomic E-state index is 10.2. The van der Waals surface area contributed by atoms with Crippen molar-refractivity contribution in [3.05, 3.63) is 175 Å². The van der Waals surface area contributed by atoms with E-state index in [4.69, 9.17) is 32.2 Å². The van der Waals surface area contributed by atoms with Crippen molar-refractivity contribution in [2.24, 2.45) is 0 Å². The molecule has 12 rings (SSSR count). The summed E-state index contributed by atoms with van der Waals surface area (Å²) < 4.78 is 272. The minimum atomic E-state index is -1.53. The number of nitrogens with zero attached hydrogens (tertiary/aromatic N) is 2. The van der Waals surface area contributed by atoms with Gasteiger partial charge in [-0.2, -0.15) is 11.6 Å². The third-order valence-corrected chi connectivity index (χ3v) is 10.3. The molecule has 0 saturated heterocycles. The Labute approximate surface area is 351 Å². The van der Waals surface area contributed by atoms with Crippen molar-refractivity contribution in [3.8, 4) is 45.1 Å². The van der Waals surface area contributed by atoms with E-state index in [0.29, 0.717) is 11.6 Å². The van der Waals surface area contributed by atoms with E-state index in [1.165, 1.54) is 0 Å². The molecule has 10 aromatic rings. The van der Waals surface area contributed by atoms with Crippen LogP contribution in [-0.4, -0.2) is 15.1 Å². The number of para-hydroxylation sites is 5. The van der Waals surface area contributed by atoms with Gasteiger partial charge in [-0.3, -0.25) is 0 Å². The second kappa shape index (κ2) is 11.0. The van der Waals surface area contributed by atoms with Crippen LogP contribution in [0.5, 0.6) is 11.5 Å². The Morgan fingerprint density at radius 2 is 1.02 bits per heavy atom. The second-order valence-electron chi connectivity index (χ2n) is 11.8. The number of hydrogen-bond acceptors (Lipinski definition) is 2. The number of rotatable bonds is 3. The topological polar surface area (TPSA) is 19.1 Å². The van der Waals surface area contributed by atoms with Crippen LogP contribution in [0.1, 0.15) is 39.8 Å². The SMILES string of the molecule is [2H]c1c([2H])c([2H])c2c(c1[2H])Oc1c([2H])c(-c3c([2H])c([2H])c([2H])c(-n4c5c([2H])c([2H])c([2H])c([2H])c5c5c([2H])c([2H])c([2H])c([2H])c54)c3[2H])c([2H])c3c1B2Sc1c([2H])c(-n2c4c([2H])c([2H])c([2H])c([2H])c4c4c([2H])c([2H])c([2H])c([2H])c42)c([2H])c([2H])c1-3. The predicted molar refractivity (Wildman–Crippen MR) is 223 cm³/mol. The third kappa shape index (κ3) is 4.20. The standard InChI is InChI=1S/C48H29BN2OS/c1-6-19-41-34(14-1)35-15-2-7-20-42(35)50(41)32-13-11-12-30(26-32)31-27-39-38-25-24-33(51-43-21-8-3-16-36(43)37-17-4-9-22-44(37)51)29-47(38)53-49-40-18-5-10-23-45(40)52-46(28-31)48(39)49/h1-29H/i1D,2D,3D,4D,5D,6D,7D,8D,9D,10D,11D,12D,13D,14D,15D,16D,17D,18D,19D,20D,21D,22D,23D,24D,25D,26D,27D,28D,29D. The lowest BCUT2D eigenvalue weighted by Gasteiger charge is -2.33. The Balaban J connectivity index is 1.26. The van der Waals surface area contributed by atoms with Crippen LogP contribution in [0.15, 0.2) is 180 Å². The summed E-state index contributed by atoms with van der Waals surface area (Å²) in [7, 11) is 0. The minimum Gasteiger partial charge on any atom is -0.458 e. The van der Waals surface area contributed by atoms with Crippen molar-refractivity contribution in [3.63, 3.8) is 0 Å². The van der Waals surface area contributed by atoms with E-state index in [-0.39, 0.29) is 15.8 Å². The van der Waals surface area contributed by atoms with Gasteiger partial charge in [0.05, 0.1) is 61.8 Å². The second-order valence-corrected chi connectivity index (χ2v) is 12.9. The normalized spacial score (nSPS) is 20.6. The summed E-state index contributed by atoms with van der Waals surface area (Å²) in [5.41, 5.74) is -6.92. The number of hydrogen-bond donors (Lipinski definition) is 0. The van der Waals surface area contributed by atoms with Gasteiger partial charge >= 0.3 is 0 Å². The highest BCUT2D eigenvalue weighted by molar-refractivity contribution is 8.28. The quantitative estimate of drug-likeness (QED) is 0.169. The van der Waals surface area contributed by atoms with E-state index in [1.807, 2.05) is 0 Å². The van der Waals surface area contributed by atoms with E-state index in [1.54, 1.807) is 0 Å². The Kier molecular flexibility index (Phi) is 2.69. The average molecular weight is 722 g/mol. The summed E-state index contributed by atoms with van der Waals surface area (Å²) in [4.78, 5) is -0.373. The summed E-state index contributed by atoms with van der Waals surface area (Å²) in [6.07, 6.45) is 0. The molecule has 53 heavy (non-hydrogen) atoms. The number of aromatic nitrogens is 2. The van der Waals surface area contributed by atoms with Gasteiger partial charge in [-0.15, -0.1) is 0 Å². The summed E-state index contributed by atoms with van der Waals surface area (Å²) >= 11 is 0.628. The highest BCUT2D eigenvalue weighted by atomic mass is 32.2. The molecule has 0 N–H and O–H groups in total. The highest BCUT2D eigenvalue weighted by Crippen LogP contribution is 2.46. The van der Waals surface area contributed by atoms with Crippen molar-refractivity contribution in [2.45, 2.75) is 4.90 Å². The fraction of sp³-hybridized carbons (Fsp3) is 0. The van der Waals surface area contributed by atoms with E-state index in [0.717, 1.165) is 9.13 Å². The van der Waals surface area contributed by atoms with Crippen molar-refractivity contribution in [1.82, 2.24) is 9.13 Å².